The molecule has 80 heavy (non-hydrogen) atoms. The fourth-order valence-corrected chi connectivity index (χ4v) is 12.8. The molecule has 0 radical (unpaired) electrons. The van der Waals surface area contributed by atoms with Crippen molar-refractivity contribution in [1.29, 1.82) is 0 Å². The number of benzene rings is 4. The van der Waals surface area contributed by atoms with Crippen LogP contribution in [0.2, 0.25) is 0 Å². The molecule has 4 aromatic rings. The summed E-state index contributed by atoms with van der Waals surface area (Å²) in [5, 5.41) is 17.1. The number of likely N-dealkylation sites (N-methyl/N-ethyl adjacent to an activating group) is 2. The molecule has 0 aliphatic carbocycles. The maximum atomic E-state index is 14.5. The highest BCUT2D eigenvalue weighted by Gasteiger charge is 2.39. The molecule has 436 valence electrons. The molecule has 0 aromatic heterocycles. The molecule has 2 aliphatic rings. The van der Waals surface area contributed by atoms with Crippen LogP contribution in [-0.4, -0.2) is 168 Å². The molecule has 6 rings (SSSR count). The minimum atomic E-state index is -4.12. The van der Waals surface area contributed by atoms with Crippen LogP contribution in [0.5, 0.6) is 0 Å². The standard InChI is InChI=1S/C57H78F2N10O9S2/c1-41(60-3)53(70)64-51(55(72)68-35-13-19-47(68)39-66(37-31-43-15-7-5-8-16-43)79(75,76)49-27-23-45(58)24-28-49)21-11-33-62-57(74)63-34-12-22-52(65-54(71)42(2)61-4)56(73)69-36-14-20-48(69)40-67(38-32-44-17-9-6-10-18-44)80(77,78)50-29-25-46(59)26-30-50/h5-10,15-18,23-30,41-42,47-48,51-52,60-61H,11-14,19-22,31-40H2,1-4H3,(H,64,70)(H,65,71)(H2,62,63,74)/t41-,42+,47-,48-,51-,52-/m0/s1. The summed E-state index contributed by atoms with van der Waals surface area (Å²) in [5.41, 5.74) is 1.84. The van der Waals surface area contributed by atoms with Crippen LogP contribution >= 0.6 is 0 Å². The number of nitrogens with one attached hydrogen (secondary N) is 6. The molecular weight excluding hydrogens is 1070 g/mol. The van der Waals surface area contributed by atoms with Gasteiger partial charge in [-0.25, -0.2) is 30.4 Å². The van der Waals surface area contributed by atoms with Crippen molar-refractivity contribution in [3.05, 3.63) is 132 Å². The van der Waals surface area contributed by atoms with E-state index in [1.165, 1.54) is 32.9 Å². The van der Waals surface area contributed by atoms with Gasteiger partial charge in [-0.15, -0.1) is 0 Å². The molecular formula is C57H78F2N10O9S2. The van der Waals surface area contributed by atoms with Gasteiger partial charge in [0, 0.05) is 64.4 Å². The number of hydrogen-bond donors (Lipinski definition) is 6. The predicted molar refractivity (Wildman–Crippen MR) is 301 cm³/mol. The fourth-order valence-electron chi connectivity index (χ4n) is 9.88. The van der Waals surface area contributed by atoms with Gasteiger partial charge in [0.05, 0.1) is 21.9 Å². The Morgan fingerprint density at radius 3 is 1.27 bits per heavy atom. The van der Waals surface area contributed by atoms with E-state index in [0.29, 0.717) is 51.6 Å². The number of sulfonamides is 2. The third-order valence-corrected chi connectivity index (χ3v) is 18.6. The van der Waals surface area contributed by atoms with Gasteiger partial charge < -0.3 is 41.7 Å². The Balaban J connectivity index is 1.05. The number of carbonyl (C=O) groups is 5. The van der Waals surface area contributed by atoms with Gasteiger partial charge in [-0.3, -0.25) is 19.2 Å². The highest BCUT2D eigenvalue weighted by molar-refractivity contribution is 7.89. The molecule has 2 heterocycles. The zero-order chi connectivity index (χ0) is 57.8. The molecule has 0 bridgehead atoms. The largest absolute Gasteiger partial charge is 0.343 e. The molecule has 6 N–H and O–H groups in total. The van der Waals surface area contributed by atoms with Crippen molar-refractivity contribution in [2.24, 2.45) is 0 Å². The first-order chi connectivity index (χ1) is 38.3. The summed E-state index contributed by atoms with van der Waals surface area (Å²) in [7, 11) is -5.00. The van der Waals surface area contributed by atoms with Crippen LogP contribution in [0.15, 0.2) is 119 Å². The quantitative estimate of drug-likeness (QED) is 0.0406. The van der Waals surface area contributed by atoms with Gasteiger partial charge in [-0.1, -0.05) is 60.7 Å². The number of likely N-dealkylation sites (tertiary alicyclic amines) is 2. The van der Waals surface area contributed by atoms with Crippen LogP contribution in [-0.2, 0) is 52.1 Å². The maximum Gasteiger partial charge on any atom is 0.314 e. The number of rotatable bonds is 30. The third kappa shape index (κ3) is 17.8. The Bertz CT molecular complexity index is 2690. The first-order valence-corrected chi connectivity index (χ1v) is 30.4. The van der Waals surface area contributed by atoms with Gasteiger partial charge in [-0.05, 0) is 152 Å². The predicted octanol–water partition coefficient (Wildman–Crippen LogP) is 4.16. The van der Waals surface area contributed by atoms with E-state index < -0.39 is 85.8 Å². The molecule has 6 atom stereocenters. The van der Waals surface area contributed by atoms with Crippen molar-refractivity contribution in [2.75, 3.05) is 66.5 Å². The van der Waals surface area contributed by atoms with E-state index >= 15 is 0 Å². The Kier molecular flexibility index (Phi) is 23.9. The molecule has 0 saturated carbocycles. The molecule has 2 saturated heterocycles. The molecule has 23 heteroatoms. The highest BCUT2D eigenvalue weighted by Crippen LogP contribution is 2.27. The average molecular weight is 1150 g/mol. The molecule has 2 fully saturated rings. The van der Waals surface area contributed by atoms with Gasteiger partial charge in [0.15, 0.2) is 0 Å². The lowest BCUT2D eigenvalue weighted by Gasteiger charge is -2.33. The summed E-state index contributed by atoms with van der Waals surface area (Å²) in [6, 6.07) is 23.2. The monoisotopic (exact) mass is 1150 g/mol. The lowest BCUT2D eigenvalue weighted by atomic mass is 10.1. The maximum absolute atomic E-state index is 14.5. The van der Waals surface area contributed by atoms with E-state index in [2.05, 4.69) is 31.9 Å². The summed E-state index contributed by atoms with van der Waals surface area (Å²) >= 11 is 0. The second-order valence-corrected chi connectivity index (χ2v) is 24.2. The highest BCUT2D eigenvalue weighted by atomic mass is 32.2. The van der Waals surface area contributed by atoms with E-state index in [1.54, 1.807) is 37.7 Å². The molecule has 4 aromatic carbocycles. The summed E-state index contributed by atoms with van der Waals surface area (Å²) in [6.07, 6.45) is 3.86. The first kappa shape index (κ1) is 62.8. The van der Waals surface area contributed by atoms with Crippen LogP contribution in [0.1, 0.15) is 76.3 Å². The molecule has 6 amide bonds. The van der Waals surface area contributed by atoms with Crippen molar-refractivity contribution in [3.8, 4) is 0 Å². The van der Waals surface area contributed by atoms with Crippen molar-refractivity contribution < 1.29 is 49.6 Å². The van der Waals surface area contributed by atoms with E-state index in [-0.39, 0.29) is 86.6 Å². The average Bonchev–Trinajstić information content (AvgIpc) is 4.17. The minimum absolute atomic E-state index is 0.0243. The van der Waals surface area contributed by atoms with E-state index in [0.717, 1.165) is 35.4 Å². The van der Waals surface area contributed by atoms with E-state index in [4.69, 9.17) is 0 Å². The van der Waals surface area contributed by atoms with Crippen molar-refractivity contribution in [3.63, 3.8) is 0 Å². The summed E-state index contributed by atoms with van der Waals surface area (Å²) in [5.74, 6) is -2.75. The SMILES string of the molecule is CN[C@@H](C)C(=O)N[C@@H](CCCNC(=O)NCCC[C@H](NC(=O)[C@@H](C)NC)C(=O)N1CCC[C@H]1CN(CCc1ccccc1)S(=O)(=O)c1ccc(F)cc1)C(=O)N1CCC[C@H]1CN(CCc1ccccc1)S(=O)(=O)c1ccc(F)cc1. The zero-order valence-corrected chi connectivity index (χ0v) is 47.8. The Morgan fingerprint density at radius 2 is 0.925 bits per heavy atom. The second kappa shape index (κ2) is 30.4. The van der Waals surface area contributed by atoms with Gasteiger partial charge in [0.25, 0.3) is 0 Å². The Morgan fingerprint density at radius 1 is 0.562 bits per heavy atom. The number of halogens is 2. The van der Waals surface area contributed by atoms with Gasteiger partial charge in [0.1, 0.15) is 23.7 Å². The fraction of sp³-hybridized carbons (Fsp3) is 0.491. The zero-order valence-electron chi connectivity index (χ0n) is 46.1. The number of carbonyl (C=O) groups excluding carboxylic acids is 5. The van der Waals surface area contributed by atoms with E-state index in [9.17, 15) is 49.6 Å². The topological polar surface area (TPSA) is 239 Å². The Labute approximate surface area is 470 Å². The number of amides is 6. The Hall–Kier alpha value is -6.37. The van der Waals surface area contributed by atoms with Crippen molar-refractivity contribution >= 4 is 49.7 Å². The molecule has 19 nitrogen and oxygen atoms in total. The third-order valence-electron chi connectivity index (χ3n) is 14.8. The van der Waals surface area contributed by atoms with Gasteiger partial charge >= 0.3 is 6.03 Å². The number of nitrogens with zero attached hydrogens (tertiary/aromatic N) is 4. The smallest absolute Gasteiger partial charge is 0.314 e. The number of hydrogen-bond acceptors (Lipinski definition) is 11. The van der Waals surface area contributed by atoms with Crippen LogP contribution < -0.4 is 31.9 Å². The molecule has 0 spiro atoms. The van der Waals surface area contributed by atoms with Crippen LogP contribution in [0, 0.1) is 11.6 Å². The number of urea groups is 1. The van der Waals surface area contributed by atoms with Crippen LogP contribution in [0.25, 0.3) is 0 Å². The van der Waals surface area contributed by atoms with E-state index in [1.807, 2.05) is 60.7 Å². The minimum Gasteiger partial charge on any atom is -0.343 e. The van der Waals surface area contributed by atoms with Gasteiger partial charge in [-0.2, -0.15) is 8.61 Å². The van der Waals surface area contributed by atoms with Gasteiger partial charge in [0.2, 0.25) is 43.7 Å². The van der Waals surface area contributed by atoms with Crippen molar-refractivity contribution in [2.45, 2.75) is 124 Å². The lowest BCUT2D eigenvalue weighted by molar-refractivity contribution is -0.138. The lowest BCUT2D eigenvalue weighted by Crippen LogP contribution is -2.55. The summed E-state index contributed by atoms with van der Waals surface area (Å²) < 4.78 is 86.9. The van der Waals surface area contributed by atoms with Crippen molar-refractivity contribution in [1.82, 2.24) is 50.3 Å². The van der Waals surface area contributed by atoms with Crippen LogP contribution in [0.4, 0.5) is 13.6 Å². The first-order valence-electron chi connectivity index (χ1n) is 27.5. The summed E-state index contributed by atoms with van der Waals surface area (Å²) in [6.45, 7) is 4.37. The second-order valence-electron chi connectivity index (χ2n) is 20.4. The normalized spacial score (nSPS) is 17.2. The summed E-state index contributed by atoms with van der Waals surface area (Å²) in [4.78, 5) is 71.7. The van der Waals surface area contributed by atoms with Crippen LogP contribution in [0.3, 0.4) is 0 Å². The molecule has 2 aliphatic heterocycles. The molecule has 0 unspecified atom stereocenters.